The third kappa shape index (κ3) is 4.81. The SMILES string of the molecule is COc1ccc(OC)c(NC(=O)C2CC(=O)N(CCC3=CCCCC3)C2)c1. The molecule has 1 heterocycles. The molecular formula is C21H28N2O4. The molecule has 3 rings (SSSR count). The molecule has 1 aromatic carbocycles. The molecule has 6 heteroatoms. The van der Waals surface area contributed by atoms with Crippen molar-refractivity contribution in [3.05, 3.63) is 29.8 Å². The second kappa shape index (κ2) is 8.93. The zero-order valence-electron chi connectivity index (χ0n) is 16.1. The summed E-state index contributed by atoms with van der Waals surface area (Å²) >= 11 is 0. The van der Waals surface area contributed by atoms with E-state index in [1.54, 1.807) is 32.4 Å². The zero-order chi connectivity index (χ0) is 19.2. The zero-order valence-corrected chi connectivity index (χ0v) is 16.1. The van der Waals surface area contributed by atoms with Gasteiger partial charge in [0.25, 0.3) is 0 Å². The van der Waals surface area contributed by atoms with E-state index in [0.717, 1.165) is 19.3 Å². The lowest BCUT2D eigenvalue weighted by Crippen LogP contribution is -2.29. The molecular weight excluding hydrogens is 344 g/mol. The minimum atomic E-state index is -0.339. The van der Waals surface area contributed by atoms with Gasteiger partial charge in [-0.05, 0) is 44.2 Å². The summed E-state index contributed by atoms with van der Waals surface area (Å²) < 4.78 is 10.5. The Hall–Kier alpha value is -2.50. The number of methoxy groups -OCH3 is 2. The lowest BCUT2D eigenvalue weighted by Gasteiger charge is -2.19. The third-order valence-electron chi connectivity index (χ3n) is 5.34. The van der Waals surface area contributed by atoms with E-state index in [-0.39, 0.29) is 24.2 Å². The number of rotatable bonds is 7. The highest BCUT2D eigenvalue weighted by atomic mass is 16.5. The summed E-state index contributed by atoms with van der Waals surface area (Å²) in [4.78, 5) is 26.8. The molecule has 146 valence electrons. The molecule has 0 bridgehead atoms. The first-order valence-corrected chi connectivity index (χ1v) is 9.59. The maximum absolute atomic E-state index is 12.7. The molecule has 0 spiro atoms. The van der Waals surface area contributed by atoms with Gasteiger partial charge < -0.3 is 19.7 Å². The van der Waals surface area contributed by atoms with E-state index < -0.39 is 0 Å². The van der Waals surface area contributed by atoms with E-state index in [0.29, 0.717) is 30.3 Å². The van der Waals surface area contributed by atoms with E-state index in [2.05, 4.69) is 11.4 Å². The standard InChI is InChI=1S/C21H28N2O4/c1-26-17-8-9-19(27-2)18(13-17)22-21(25)16-12-20(24)23(14-16)11-10-15-6-4-3-5-7-15/h6,8-9,13,16H,3-5,7,10-12,14H2,1-2H3,(H,22,25). The summed E-state index contributed by atoms with van der Waals surface area (Å²) in [5.41, 5.74) is 2.00. The van der Waals surface area contributed by atoms with Crippen molar-refractivity contribution in [2.45, 2.75) is 38.5 Å². The van der Waals surface area contributed by atoms with Gasteiger partial charge >= 0.3 is 0 Å². The Balaban J connectivity index is 1.58. The van der Waals surface area contributed by atoms with E-state index >= 15 is 0 Å². The highest BCUT2D eigenvalue weighted by Crippen LogP contribution is 2.30. The summed E-state index contributed by atoms with van der Waals surface area (Å²) in [5, 5.41) is 2.89. The molecule has 1 unspecified atom stereocenters. The molecule has 1 saturated heterocycles. The van der Waals surface area contributed by atoms with Crippen molar-refractivity contribution in [3.8, 4) is 11.5 Å². The van der Waals surface area contributed by atoms with Gasteiger partial charge in [0.2, 0.25) is 11.8 Å². The molecule has 2 amide bonds. The number of anilines is 1. The minimum absolute atomic E-state index is 0.0594. The fourth-order valence-electron chi connectivity index (χ4n) is 3.72. The van der Waals surface area contributed by atoms with Crippen LogP contribution in [0.1, 0.15) is 38.5 Å². The van der Waals surface area contributed by atoms with Crippen molar-refractivity contribution in [2.75, 3.05) is 32.6 Å². The fraction of sp³-hybridized carbons (Fsp3) is 0.524. The smallest absolute Gasteiger partial charge is 0.229 e. The number of hydrogen-bond acceptors (Lipinski definition) is 4. The number of ether oxygens (including phenoxy) is 2. The third-order valence-corrected chi connectivity index (χ3v) is 5.34. The number of nitrogens with zero attached hydrogens (tertiary/aromatic N) is 1. The van der Waals surface area contributed by atoms with Gasteiger partial charge in [0.05, 0.1) is 25.8 Å². The molecule has 0 saturated carbocycles. The van der Waals surface area contributed by atoms with Crippen molar-refractivity contribution in [2.24, 2.45) is 5.92 Å². The number of nitrogens with one attached hydrogen (secondary N) is 1. The molecule has 1 aromatic rings. The normalized spacial score (nSPS) is 19.6. The highest BCUT2D eigenvalue weighted by Gasteiger charge is 2.34. The summed E-state index contributed by atoms with van der Waals surface area (Å²) in [5.74, 6) is 0.762. The van der Waals surface area contributed by atoms with Gasteiger partial charge in [-0.3, -0.25) is 9.59 Å². The number of amides is 2. The van der Waals surface area contributed by atoms with Crippen LogP contribution in [0.2, 0.25) is 0 Å². The minimum Gasteiger partial charge on any atom is -0.497 e. The van der Waals surface area contributed by atoms with E-state index in [9.17, 15) is 9.59 Å². The van der Waals surface area contributed by atoms with Crippen molar-refractivity contribution in [3.63, 3.8) is 0 Å². The average Bonchev–Trinajstić information content (AvgIpc) is 3.08. The predicted octanol–water partition coefficient (Wildman–Crippen LogP) is 3.38. The second-order valence-corrected chi connectivity index (χ2v) is 7.15. The molecule has 1 fully saturated rings. The van der Waals surface area contributed by atoms with Crippen LogP contribution in [0, 0.1) is 5.92 Å². The number of benzene rings is 1. The Morgan fingerprint density at radius 3 is 2.81 bits per heavy atom. The molecule has 1 N–H and O–H groups in total. The fourth-order valence-corrected chi connectivity index (χ4v) is 3.72. The van der Waals surface area contributed by atoms with Gasteiger partial charge in [0.15, 0.2) is 0 Å². The number of carbonyl (C=O) groups excluding carboxylic acids is 2. The van der Waals surface area contributed by atoms with Crippen LogP contribution >= 0.6 is 0 Å². The molecule has 27 heavy (non-hydrogen) atoms. The number of hydrogen-bond donors (Lipinski definition) is 1. The van der Waals surface area contributed by atoms with Gasteiger partial charge in [-0.1, -0.05) is 11.6 Å². The average molecular weight is 372 g/mol. The van der Waals surface area contributed by atoms with Crippen LogP contribution in [0.5, 0.6) is 11.5 Å². The van der Waals surface area contributed by atoms with E-state index in [4.69, 9.17) is 9.47 Å². The van der Waals surface area contributed by atoms with Crippen LogP contribution in [-0.4, -0.2) is 44.0 Å². The maximum Gasteiger partial charge on any atom is 0.229 e. The van der Waals surface area contributed by atoms with E-state index in [1.807, 2.05) is 4.90 Å². The quantitative estimate of drug-likeness (QED) is 0.745. The van der Waals surface area contributed by atoms with Gasteiger partial charge in [-0.2, -0.15) is 0 Å². The highest BCUT2D eigenvalue weighted by molar-refractivity contribution is 5.98. The van der Waals surface area contributed by atoms with Crippen molar-refractivity contribution < 1.29 is 19.1 Å². The number of carbonyl (C=O) groups is 2. The number of likely N-dealkylation sites (tertiary alicyclic amines) is 1. The van der Waals surface area contributed by atoms with Crippen LogP contribution in [0.4, 0.5) is 5.69 Å². The molecule has 0 radical (unpaired) electrons. The first-order chi connectivity index (χ1) is 13.1. The lowest BCUT2D eigenvalue weighted by atomic mass is 9.97. The van der Waals surface area contributed by atoms with Crippen LogP contribution in [0.3, 0.4) is 0 Å². The van der Waals surface area contributed by atoms with E-state index in [1.165, 1.54) is 18.4 Å². The molecule has 1 aliphatic heterocycles. The van der Waals surface area contributed by atoms with Crippen LogP contribution in [0.15, 0.2) is 29.8 Å². The first kappa shape index (κ1) is 19.3. The van der Waals surface area contributed by atoms with Gasteiger partial charge in [-0.25, -0.2) is 0 Å². The predicted molar refractivity (Wildman–Crippen MR) is 104 cm³/mol. The van der Waals surface area contributed by atoms with Crippen LogP contribution in [0.25, 0.3) is 0 Å². The molecule has 2 aliphatic rings. The number of allylic oxidation sites excluding steroid dienone is 1. The molecule has 1 aliphatic carbocycles. The molecule has 6 nitrogen and oxygen atoms in total. The summed E-state index contributed by atoms with van der Waals surface area (Å²) in [6.07, 6.45) is 8.29. The largest absolute Gasteiger partial charge is 0.497 e. The molecule has 1 atom stereocenters. The van der Waals surface area contributed by atoms with Crippen LogP contribution < -0.4 is 14.8 Å². The summed E-state index contributed by atoms with van der Waals surface area (Å²) in [6.45, 7) is 1.18. The Morgan fingerprint density at radius 1 is 1.26 bits per heavy atom. The Kier molecular flexibility index (Phi) is 6.37. The lowest BCUT2D eigenvalue weighted by molar-refractivity contribution is -0.128. The second-order valence-electron chi connectivity index (χ2n) is 7.15. The van der Waals surface area contributed by atoms with Crippen molar-refractivity contribution >= 4 is 17.5 Å². The summed E-state index contributed by atoms with van der Waals surface area (Å²) in [6, 6.07) is 5.24. The monoisotopic (exact) mass is 372 g/mol. The Bertz CT molecular complexity index is 729. The maximum atomic E-state index is 12.7. The Morgan fingerprint density at radius 2 is 2.11 bits per heavy atom. The van der Waals surface area contributed by atoms with Crippen LogP contribution in [-0.2, 0) is 9.59 Å². The summed E-state index contributed by atoms with van der Waals surface area (Å²) in [7, 11) is 3.13. The van der Waals surface area contributed by atoms with Gasteiger partial charge in [-0.15, -0.1) is 0 Å². The van der Waals surface area contributed by atoms with Gasteiger partial charge in [0, 0.05) is 25.6 Å². The topological polar surface area (TPSA) is 67.9 Å². The first-order valence-electron chi connectivity index (χ1n) is 9.59. The van der Waals surface area contributed by atoms with Crippen molar-refractivity contribution in [1.29, 1.82) is 0 Å². The van der Waals surface area contributed by atoms with Gasteiger partial charge in [0.1, 0.15) is 11.5 Å². The Labute approximate surface area is 160 Å². The van der Waals surface area contributed by atoms with Crippen molar-refractivity contribution in [1.82, 2.24) is 4.90 Å². The molecule has 0 aromatic heterocycles.